The molecule has 0 amide bonds. The van der Waals surface area contributed by atoms with E-state index >= 15 is 0 Å². The topological polar surface area (TPSA) is 62.5 Å². The van der Waals surface area contributed by atoms with Crippen molar-refractivity contribution >= 4 is 22.6 Å². The van der Waals surface area contributed by atoms with Crippen molar-refractivity contribution in [2.24, 2.45) is 5.92 Å². The molecule has 4 nitrogen and oxygen atoms in total. The Hall–Kier alpha value is -2.75. The van der Waals surface area contributed by atoms with Gasteiger partial charge in [0.2, 0.25) is 0 Å². The molecule has 2 N–H and O–H groups in total. The van der Waals surface area contributed by atoms with Gasteiger partial charge in [0.05, 0.1) is 11.6 Å². The first-order valence-electron chi connectivity index (χ1n) is 9.29. The van der Waals surface area contributed by atoms with Crippen LogP contribution < -0.4 is 5.32 Å². The fraction of sp³-hybridized carbons (Fsp3) is 0.318. The second-order valence-electron chi connectivity index (χ2n) is 7.09. The molecule has 0 radical (unpaired) electrons. The number of furan rings is 1. The highest BCUT2D eigenvalue weighted by Crippen LogP contribution is 2.38. The number of rotatable bonds is 5. The number of hydrogen-bond donors (Lipinski definition) is 2. The molecule has 2 aromatic carbocycles. The molecule has 4 heteroatoms. The van der Waals surface area contributed by atoms with Crippen molar-refractivity contribution in [1.29, 1.82) is 0 Å². The standard InChI is InChI=1S/C22H23NO3/c24-22(25)16-10-12-18(13-11-16)23-21(15-6-2-1-3-7-15)20-14-17-8-4-5-9-19(17)26-20/h4-5,8-15,21,23H,1-3,6-7H2,(H,24,25). The van der Waals surface area contributed by atoms with E-state index in [9.17, 15) is 4.79 Å². The Labute approximate surface area is 152 Å². The third kappa shape index (κ3) is 3.45. The van der Waals surface area contributed by atoms with Gasteiger partial charge in [-0.3, -0.25) is 0 Å². The summed E-state index contributed by atoms with van der Waals surface area (Å²) < 4.78 is 6.16. The molecular weight excluding hydrogens is 326 g/mol. The minimum atomic E-state index is -0.905. The van der Waals surface area contributed by atoms with Crippen LogP contribution in [0.1, 0.15) is 54.3 Å². The molecule has 1 aromatic heterocycles. The van der Waals surface area contributed by atoms with E-state index in [0.29, 0.717) is 11.5 Å². The summed E-state index contributed by atoms with van der Waals surface area (Å²) in [6.07, 6.45) is 6.17. The number of benzene rings is 2. The van der Waals surface area contributed by atoms with Crippen LogP contribution >= 0.6 is 0 Å². The van der Waals surface area contributed by atoms with Crippen molar-refractivity contribution in [3.8, 4) is 0 Å². The van der Waals surface area contributed by atoms with E-state index in [1.807, 2.05) is 30.3 Å². The van der Waals surface area contributed by atoms with Gasteiger partial charge in [-0.2, -0.15) is 0 Å². The van der Waals surface area contributed by atoms with E-state index < -0.39 is 5.97 Å². The average molecular weight is 349 g/mol. The number of aromatic carboxylic acids is 1. The number of anilines is 1. The zero-order valence-electron chi connectivity index (χ0n) is 14.7. The highest BCUT2D eigenvalue weighted by Gasteiger charge is 2.28. The summed E-state index contributed by atoms with van der Waals surface area (Å²) in [6.45, 7) is 0. The molecule has 1 aliphatic carbocycles. The third-order valence-corrected chi connectivity index (χ3v) is 5.33. The first kappa shape index (κ1) is 16.7. The molecule has 3 aromatic rings. The van der Waals surface area contributed by atoms with Gasteiger partial charge in [0.25, 0.3) is 0 Å². The van der Waals surface area contributed by atoms with Crippen LogP contribution in [-0.4, -0.2) is 11.1 Å². The molecule has 0 aliphatic heterocycles. The van der Waals surface area contributed by atoms with Crippen molar-refractivity contribution in [3.63, 3.8) is 0 Å². The summed E-state index contributed by atoms with van der Waals surface area (Å²) in [6, 6.07) is 17.3. The van der Waals surface area contributed by atoms with Crippen LogP contribution in [-0.2, 0) is 0 Å². The van der Waals surface area contributed by atoms with E-state index in [1.165, 1.54) is 32.1 Å². The Morgan fingerprint density at radius 3 is 2.46 bits per heavy atom. The zero-order chi connectivity index (χ0) is 17.9. The lowest BCUT2D eigenvalue weighted by Gasteiger charge is -2.30. The van der Waals surface area contributed by atoms with Crippen molar-refractivity contribution in [2.75, 3.05) is 5.32 Å². The molecule has 1 heterocycles. The Kier molecular flexibility index (Phi) is 4.65. The van der Waals surface area contributed by atoms with Crippen LogP contribution in [0.4, 0.5) is 5.69 Å². The number of para-hydroxylation sites is 1. The molecule has 1 unspecified atom stereocenters. The number of nitrogens with one attached hydrogen (secondary N) is 1. The fourth-order valence-electron chi connectivity index (χ4n) is 3.93. The summed E-state index contributed by atoms with van der Waals surface area (Å²) in [5.74, 6) is 0.571. The van der Waals surface area contributed by atoms with Crippen LogP contribution in [0.5, 0.6) is 0 Å². The number of carboxylic acids is 1. The van der Waals surface area contributed by atoms with E-state index in [4.69, 9.17) is 9.52 Å². The molecule has 1 atom stereocenters. The molecular formula is C22H23NO3. The van der Waals surface area contributed by atoms with Crippen LogP contribution in [0.3, 0.4) is 0 Å². The first-order valence-corrected chi connectivity index (χ1v) is 9.29. The normalized spacial score (nSPS) is 16.5. The lowest BCUT2D eigenvalue weighted by Crippen LogP contribution is -2.22. The van der Waals surface area contributed by atoms with Gasteiger partial charge >= 0.3 is 5.97 Å². The minimum absolute atomic E-state index is 0.0957. The third-order valence-electron chi connectivity index (χ3n) is 5.33. The summed E-state index contributed by atoms with van der Waals surface area (Å²) in [4.78, 5) is 11.1. The zero-order valence-corrected chi connectivity index (χ0v) is 14.7. The Morgan fingerprint density at radius 2 is 1.77 bits per heavy atom. The summed E-state index contributed by atoms with van der Waals surface area (Å²) in [7, 11) is 0. The molecule has 0 saturated heterocycles. The van der Waals surface area contributed by atoms with E-state index in [-0.39, 0.29) is 6.04 Å². The van der Waals surface area contributed by atoms with Crippen LogP contribution in [0.25, 0.3) is 11.0 Å². The SMILES string of the molecule is O=C(O)c1ccc(NC(c2cc3ccccc3o2)C2CCCCC2)cc1. The second-order valence-corrected chi connectivity index (χ2v) is 7.09. The van der Waals surface area contributed by atoms with Crippen molar-refractivity contribution in [3.05, 3.63) is 65.9 Å². The highest BCUT2D eigenvalue weighted by atomic mass is 16.4. The van der Waals surface area contributed by atoms with Crippen LogP contribution in [0.15, 0.2) is 59.0 Å². The lowest BCUT2D eigenvalue weighted by atomic mass is 9.82. The summed E-state index contributed by atoms with van der Waals surface area (Å²) in [5, 5.41) is 13.8. The quantitative estimate of drug-likeness (QED) is 0.605. The maximum Gasteiger partial charge on any atom is 0.335 e. The fourth-order valence-corrected chi connectivity index (χ4v) is 3.93. The Bertz CT molecular complexity index is 858. The number of hydrogen-bond acceptors (Lipinski definition) is 3. The average Bonchev–Trinajstić information content (AvgIpc) is 3.11. The van der Waals surface area contributed by atoms with Gasteiger partial charge in [0.1, 0.15) is 11.3 Å². The number of carbonyl (C=O) groups is 1. The summed E-state index contributed by atoms with van der Waals surface area (Å²) in [5.41, 5.74) is 2.13. The van der Waals surface area contributed by atoms with Crippen molar-refractivity contribution in [2.45, 2.75) is 38.1 Å². The molecule has 1 fully saturated rings. The van der Waals surface area contributed by atoms with Gasteiger partial charge in [0, 0.05) is 11.1 Å². The smallest absolute Gasteiger partial charge is 0.335 e. The molecule has 0 spiro atoms. The van der Waals surface area contributed by atoms with Gasteiger partial charge < -0.3 is 14.8 Å². The molecule has 4 rings (SSSR count). The van der Waals surface area contributed by atoms with E-state index in [0.717, 1.165) is 22.4 Å². The highest BCUT2D eigenvalue weighted by molar-refractivity contribution is 5.88. The van der Waals surface area contributed by atoms with Crippen LogP contribution in [0.2, 0.25) is 0 Å². The predicted molar refractivity (Wildman–Crippen MR) is 103 cm³/mol. The lowest BCUT2D eigenvalue weighted by molar-refractivity contribution is 0.0697. The maximum atomic E-state index is 11.1. The Balaban J connectivity index is 1.64. The van der Waals surface area contributed by atoms with Gasteiger partial charge in [-0.1, -0.05) is 37.5 Å². The van der Waals surface area contributed by atoms with Gasteiger partial charge in [-0.25, -0.2) is 4.79 Å². The number of fused-ring (bicyclic) bond motifs is 1. The van der Waals surface area contributed by atoms with Gasteiger partial charge in [-0.05, 0) is 55.2 Å². The van der Waals surface area contributed by atoms with E-state index in [2.05, 4.69) is 17.4 Å². The van der Waals surface area contributed by atoms with Gasteiger partial charge in [-0.15, -0.1) is 0 Å². The molecule has 26 heavy (non-hydrogen) atoms. The second kappa shape index (κ2) is 7.24. The molecule has 1 saturated carbocycles. The summed E-state index contributed by atoms with van der Waals surface area (Å²) >= 11 is 0. The van der Waals surface area contributed by atoms with Crippen molar-refractivity contribution in [1.82, 2.24) is 0 Å². The molecule has 134 valence electrons. The first-order chi connectivity index (χ1) is 12.7. The number of carboxylic acid groups (broad SMARTS) is 1. The predicted octanol–water partition coefficient (Wildman–Crippen LogP) is 5.86. The van der Waals surface area contributed by atoms with E-state index in [1.54, 1.807) is 12.1 Å². The molecule has 1 aliphatic rings. The largest absolute Gasteiger partial charge is 0.478 e. The van der Waals surface area contributed by atoms with Crippen LogP contribution in [0, 0.1) is 5.92 Å². The minimum Gasteiger partial charge on any atom is -0.478 e. The molecule has 0 bridgehead atoms. The maximum absolute atomic E-state index is 11.1. The van der Waals surface area contributed by atoms with Gasteiger partial charge in [0.15, 0.2) is 0 Å². The monoisotopic (exact) mass is 349 g/mol. The van der Waals surface area contributed by atoms with Crippen molar-refractivity contribution < 1.29 is 14.3 Å². The Morgan fingerprint density at radius 1 is 1.04 bits per heavy atom.